The summed E-state index contributed by atoms with van der Waals surface area (Å²) in [4.78, 5) is 32.2. The maximum atomic E-state index is 11.5. The Morgan fingerprint density at radius 2 is 1.78 bits per heavy atom. The van der Waals surface area contributed by atoms with Gasteiger partial charge in [-0.25, -0.2) is 0 Å². The summed E-state index contributed by atoms with van der Waals surface area (Å²) in [5.74, 6) is -1.98. The zero-order valence-electron chi connectivity index (χ0n) is 9.57. The molecule has 0 spiro atoms. The molecule has 2 atom stereocenters. The molecule has 104 valence electrons. The van der Waals surface area contributed by atoms with Gasteiger partial charge in [-0.15, -0.1) is 0 Å². The predicted octanol–water partition coefficient (Wildman–Crippen LogP) is -1.07. The minimum absolute atomic E-state index is 0.120. The van der Waals surface area contributed by atoms with Crippen LogP contribution in [0.2, 0.25) is 5.32 Å². The average Bonchev–Trinajstić information content (AvgIpc) is 2.30. The first-order valence-electron chi connectivity index (χ1n) is 5.07. The first kappa shape index (κ1) is 17.4. The van der Waals surface area contributed by atoms with Crippen molar-refractivity contribution in [2.75, 3.05) is 5.75 Å². The van der Waals surface area contributed by atoms with Crippen molar-refractivity contribution in [1.82, 2.24) is 0 Å². The van der Waals surface area contributed by atoms with Crippen LogP contribution in [0.3, 0.4) is 0 Å². The van der Waals surface area contributed by atoms with Gasteiger partial charge >= 0.3 is 114 Å². The van der Waals surface area contributed by atoms with Crippen LogP contribution in [-0.4, -0.2) is 59.6 Å². The van der Waals surface area contributed by atoms with Gasteiger partial charge in [-0.2, -0.15) is 0 Å². The quantitative estimate of drug-likeness (QED) is 0.290. The zero-order valence-corrected chi connectivity index (χ0v) is 12.1. The SMILES string of the molecule is N[C@@H](CS[Se]CC(=O)[C@@H](N)CCC(=O)O)C(=O)O. The number of carboxylic acids is 2. The Labute approximate surface area is 114 Å². The molecule has 0 aliphatic heterocycles. The molecule has 0 aliphatic rings. The molecule has 7 nitrogen and oxygen atoms in total. The van der Waals surface area contributed by atoms with E-state index in [0.29, 0.717) is 0 Å². The topological polar surface area (TPSA) is 144 Å². The van der Waals surface area contributed by atoms with Crippen molar-refractivity contribution < 1.29 is 24.6 Å². The van der Waals surface area contributed by atoms with Crippen molar-refractivity contribution in [2.45, 2.75) is 30.2 Å². The molecule has 0 heterocycles. The zero-order chi connectivity index (χ0) is 14.1. The third-order valence-corrected chi connectivity index (χ3v) is 5.96. The fourth-order valence-electron chi connectivity index (χ4n) is 0.839. The van der Waals surface area contributed by atoms with Crippen LogP contribution in [-0.2, 0) is 14.4 Å². The van der Waals surface area contributed by atoms with Gasteiger partial charge in [-0.05, 0) is 0 Å². The van der Waals surface area contributed by atoms with E-state index in [4.69, 9.17) is 21.7 Å². The summed E-state index contributed by atoms with van der Waals surface area (Å²) in [6, 6.07) is -1.68. The Bertz CT molecular complexity index is 315. The van der Waals surface area contributed by atoms with E-state index in [1.54, 1.807) is 0 Å². The van der Waals surface area contributed by atoms with Crippen LogP contribution in [0.1, 0.15) is 12.8 Å². The average molecular weight is 343 g/mol. The van der Waals surface area contributed by atoms with Crippen LogP contribution < -0.4 is 11.5 Å². The Kier molecular flexibility index (Phi) is 9.03. The maximum absolute atomic E-state index is 11.5. The van der Waals surface area contributed by atoms with Gasteiger partial charge in [0.2, 0.25) is 0 Å². The van der Waals surface area contributed by atoms with Crippen LogP contribution in [0, 0.1) is 0 Å². The number of Topliss-reactive ketones (excluding diaryl/α,β-unsaturated/α-hetero) is 1. The molecular formula is C9H16N2O5SSe. The predicted molar refractivity (Wildman–Crippen MR) is 68.5 cm³/mol. The van der Waals surface area contributed by atoms with E-state index in [-0.39, 0.29) is 43.5 Å². The van der Waals surface area contributed by atoms with E-state index in [2.05, 4.69) is 0 Å². The van der Waals surface area contributed by atoms with Gasteiger partial charge in [0.15, 0.2) is 0 Å². The normalized spacial score (nSPS) is 13.9. The molecule has 18 heavy (non-hydrogen) atoms. The number of carbonyl (C=O) groups excluding carboxylic acids is 1. The molecule has 0 fully saturated rings. The van der Waals surface area contributed by atoms with E-state index < -0.39 is 24.0 Å². The first-order chi connectivity index (χ1) is 8.34. The summed E-state index contributed by atoms with van der Waals surface area (Å²) in [6.07, 6.45) is 0.000487. The third-order valence-electron chi connectivity index (χ3n) is 1.93. The molecule has 6 N–H and O–H groups in total. The number of nitrogens with two attached hydrogens (primary N) is 2. The van der Waals surface area contributed by atoms with Crippen LogP contribution in [0.15, 0.2) is 0 Å². The fourth-order valence-corrected chi connectivity index (χ4v) is 4.66. The Morgan fingerprint density at radius 3 is 2.28 bits per heavy atom. The van der Waals surface area contributed by atoms with Crippen LogP contribution in [0.5, 0.6) is 0 Å². The molecule has 0 radical (unpaired) electrons. The van der Waals surface area contributed by atoms with Crippen molar-refractivity contribution in [3.05, 3.63) is 0 Å². The molecule has 0 unspecified atom stereocenters. The van der Waals surface area contributed by atoms with Crippen LogP contribution in [0.4, 0.5) is 0 Å². The monoisotopic (exact) mass is 344 g/mol. The molecule has 0 aliphatic carbocycles. The van der Waals surface area contributed by atoms with Gasteiger partial charge in [-0.1, -0.05) is 0 Å². The van der Waals surface area contributed by atoms with Crippen molar-refractivity contribution in [3.63, 3.8) is 0 Å². The van der Waals surface area contributed by atoms with Crippen molar-refractivity contribution in [3.8, 4) is 0 Å². The number of ketones is 1. The third kappa shape index (κ3) is 8.48. The second kappa shape index (κ2) is 9.35. The van der Waals surface area contributed by atoms with E-state index in [9.17, 15) is 14.4 Å². The summed E-state index contributed by atoms with van der Waals surface area (Å²) in [5.41, 5.74) is 10.8. The van der Waals surface area contributed by atoms with E-state index in [1.165, 1.54) is 10.2 Å². The molecule has 0 aromatic rings. The van der Waals surface area contributed by atoms with Gasteiger partial charge in [0.25, 0.3) is 0 Å². The molecule has 0 bridgehead atoms. The number of hydrogen-bond acceptors (Lipinski definition) is 6. The van der Waals surface area contributed by atoms with Gasteiger partial charge in [0.1, 0.15) is 0 Å². The van der Waals surface area contributed by atoms with E-state index in [1.807, 2.05) is 0 Å². The van der Waals surface area contributed by atoms with Crippen LogP contribution in [0.25, 0.3) is 0 Å². The van der Waals surface area contributed by atoms with E-state index in [0.717, 1.165) is 0 Å². The van der Waals surface area contributed by atoms with Gasteiger partial charge in [0, 0.05) is 0 Å². The summed E-state index contributed by atoms with van der Waals surface area (Å²) >= 11 is -0.120. The van der Waals surface area contributed by atoms with Crippen molar-refractivity contribution in [1.29, 1.82) is 0 Å². The van der Waals surface area contributed by atoms with Gasteiger partial charge in [-0.3, -0.25) is 0 Å². The number of carboxylic acid groups (broad SMARTS) is 2. The minimum atomic E-state index is -1.07. The molecular weight excluding hydrogens is 327 g/mol. The number of carbonyl (C=O) groups is 3. The first-order valence-corrected chi connectivity index (χ1v) is 9.29. The Morgan fingerprint density at radius 1 is 1.17 bits per heavy atom. The van der Waals surface area contributed by atoms with Gasteiger partial charge < -0.3 is 0 Å². The summed E-state index contributed by atoms with van der Waals surface area (Å²) < 4.78 is 0. The summed E-state index contributed by atoms with van der Waals surface area (Å²) in [7, 11) is 1.32. The Balaban J connectivity index is 3.70. The molecule has 0 saturated heterocycles. The van der Waals surface area contributed by atoms with Crippen molar-refractivity contribution in [2.24, 2.45) is 11.5 Å². The molecule has 0 saturated carbocycles. The number of rotatable bonds is 10. The molecule has 0 aromatic heterocycles. The Hall–Kier alpha value is -0.601. The molecule has 9 heteroatoms. The molecule has 0 rings (SSSR count). The fraction of sp³-hybridized carbons (Fsp3) is 0.667. The summed E-state index contributed by atoms with van der Waals surface area (Å²) in [5, 5.41) is 17.2. The van der Waals surface area contributed by atoms with Gasteiger partial charge in [0.05, 0.1) is 0 Å². The number of hydrogen-bond donors (Lipinski definition) is 4. The second-order valence-corrected chi connectivity index (χ2v) is 7.87. The molecule has 0 amide bonds. The van der Waals surface area contributed by atoms with Crippen molar-refractivity contribution >= 4 is 41.7 Å². The van der Waals surface area contributed by atoms with Crippen LogP contribution >= 0.6 is 10.2 Å². The standard InChI is InChI=1S/C9H16N2O5SSe/c10-5(1-2-8(13)14)7(12)4-18-17-3-6(11)9(15)16/h5-6H,1-4,10-11H2,(H,13,14)(H,15,16)/t5-,6-/m0/s1. The summed E-state index contributed by atoms with van der Waals surface area (Å²) in [6.45, 7) is 0. The second-order valence-electron chi connectivity index (χ2n) is 3.50. The number of aliphatic carboxylic acids is 2. The molecule has 0 aromatic carbocycles. The van der Waals surface area contributed by atoms with E-state index >= 15 is 0 Å².